The highest BCUT2D eigenvalue weighted by Crippen LogP contribution is 2.50. The van der Waals surface area contributed by atoms with Crippen molar-refractivity contribution in [1.82, 2.24) is 0 Å². The summed E-state index contributed by atoms with van der Waals surface area (Å²) in [6, 6.07) is 0. The van der Waals surface area contributed by atoms with Crippen molar-refractivity contribution in [2.24, 2.45) is 10.8 Å². The van der Waals surface area contributed by atoms with Gasteiger partial charge >= 0.3 is 29.8 Å². The number of carbonyl (C=O) groups is 5. The zero-order valence-corrected chi connectivity index (χ0v) is 34.8. The van der Waals surface area contributed by atoms with E-state index in [1.54, 1.807) is 39.8 Å². The third-order valence-corrected chi connectivity index (χ3v) is 11.5. The molecule has 0 spiro atoms. The molecule has 3 saturated heterocycles. The highest BCUT2D eigenvalue weighted by molar-refractivity contribution is 5.83. The molecular weight excluding hydrogens is 764 g/mol. The number of ether oxygens (including phenoxy) is 8. The molecular formula is C41H60O17. The summed E-state index contributed by atoms with van der Waals surface area (Å²) in [5.74, 6) is -8.15. The fourth-order valence-electron chi connectivity index (χ4n) is 8.11. The predicted octanol–water partition coefficient (Wildman–Crippen LogP) is 2.39. The molecule has 4 heterocycles. The number of esters is 5. The Balaban J connectivity index is 1.88. The maximum atomic E-state index is 13.3. The van der Waals surface area contributed by atoms with Gasteiger partial charge in [-0.3, -0.25) is 14.4 Å². The van der Waals surface area contributed by atoms with Gasteiger partial charge in [-0.1, -0.05) is 45.4 Å². The second-order valence-electron chi connectivity index (χ2n) is 16.9. The third kappa shape index (κ3) is 11.1. The van der Waals surface area contributed by atoms with Crippen LogP contribution in [0.25, 0.3) is 0 Å². The number of carbonyl (C=O) groups excluding carboxylic acids is 5. The van der Waals surface area contributed by atoms with Crippen molar-refractivity contribution in [2.45, 2.75) is 166 Å². The third-order valence-electron chi connectivity index (χ3n) is 11.5. The molecule has 0 aromatic heterocycles. The summed E-state index contributed by atoms with van der Waals surface area (Å²) >= 11 is 0. The van der Waals surface area contributed by atoms with Gasteiger partial charge in [0, 0.05) is 57.1 Å². The molecule has 4 aliphatic rings. The lowest BCUT2D eigenvalue weighted by molar-refractivity contribution is -0.348. The summed E-state index contributed by atoms with van der Waals surface area (Å²) < 4.78 is 46.0. The largest absolute Gasteiger partial charge is 0.466 e. The van der Waals surface area contributed by atoms with Gasteiger partial charge < -0.3 is 58.3 Å². The minimum absolute atomic E-state index is 0.0778. The molecule has 58 heavy (non-hydrogen) atoms. The maximum absolute atomic E-state index is 13.3. The standard InChI is InChI=1S/C41H60O17/c1-22(42)32-19-29-15-26(16-35(47)52-9)37(54-24(3)44)41(50,58-29)38(4,5)11-10-28-12-25(14-34(46)51-8)13-31(55-28)21-40(49)39(6,7)33(53-23(2)43)20-30(57-40)17-27(45)18-36(48)56-32/h10-11,14,16,22,27-33,37,42,45,49-50H,12-13,15,17-21H2,1-9H3/b11-10-,25-14+,26-16+/t22-,27-,28+,29+,30-,31+,32-,33+,37+,40+,41-/m1/s1. The quantitative estimate of drug-likeness (QED) is 0.135. The van der Waals surface area contributed by atoms with E-state index in [1.807, 2.05) is 0 Å². The molecule has 0 aromatic rings. The summed E-state index contributed by atoms with van der Waals surface area (Å²) in [6.07, 6.45) is -5.03. The van der Waals surface area contributed by atoms with E-state index in [0.717, 1.165) is 20.1 Å². The topological polar surface area (TPSA) is 240 Å². The van der Waals surface area contributed by atoms with E-state index in [2.05, 4.69) is 0 Å². The van der Waals surface area contributed by atoms with Crippen LogP contribution in [0.5, 0.6) is 0 Å². The van der Waals surface area contributed by atoms with Crippen LogP contribution in [-0.2, 0) is 61.9 Å². The number of hydrogen-bond acceptors (Lipinski definition) is 17. The monoisotopic (exact) mass is 824 g/mol. The summed E-state index contributed by atoms with van der Waals surface area (Å²) in [5, 5.41) is 46.9. The Morgan fingerprint density at radius 2 is 1.48 bits per heavy atom. The van der Waals surface area contributed by atoms with Crippen molar-refractivity contribution in [3.63, 3.8) is 0 Å². The van der Waals surface area contributed by atoms with Crippen molar-refractivity contribution in [1.29, 1.82) is 0 Å². The van der Waals surface area contributed by atoms with Gasteiger partial charge in [0.25, 0.3) is 0 Å². The minimum Gasteiger partial charge on any atom is -0.466 e. The Bertz CT molecular complexity index is 1630. The van der Waals surface area contributed by atoms with Crippen LogP contribution in [-0.4, -0.2) is 131 Å². The van der Waals surface area contributed by atoms with Crippen LogP contribution in [0.2, 0.25) is 0 Å². The van der Waals surface area contributed by atoms with Gasteiger partial charge in [-0.05, 0) is 31.8 Å². The number of hydrogen-bond donors (Lipinski definition) is 4. The van der Waals surface area contributed by atoms with Gasteiger partial charge in [0.15, 0.2) is 11.9 Å². The molecule has 4 N–H and O–H groups in total. The molecule has 4 rings (SSSR count). The minimum atomic E-state index is -2.41. The molecule has 0 unspecified atom stereocenters. The van der Waals surface area contributed by atoms with Crippen molar-refractivity contribution in [3.05, 3.63) is 35.5 Å². The summed E-state index contributed by atoms with van der Waals surface area (Å²) in [6.45, 7) is 10.3. The number of methoxy groups -OCH3 is 2. The van der Waals surface area contributed by atoms with Gasteiger partial charge in [0.05, 0.1) is 62.7 Å². The fourth-order valence-corrected chi connectivity index (χ4v) is 8.11. The van der Waals surface area contributed by atoms with E-state index in [1.165, 1.54) is 27.0 Å². The van der Waals surface area contributed by atoms with Crippen LogP contribution in [0.15, 0.2) is 35.5 Å². The number of aliphatic hydroxyl groups is 4. The second kappa shape index (κ2) is 18.7. The van der Waals surface area contributed by atoms with Gasteiger partial charge in [-0.15, -0.1) is 0 Å². The lowest BCUT2D eigenvalue weighted by Crippen LogP contribution is -2.62. The molecule has 4 aliphatic heterocycles. The summed E-state index contributed by atoms with van der Waals surface area (Å²) in [4.78, 5) is 63.2. The molecule has 0 saturated carbocycles. The first kappa shape index (κ1) is 47.0. The SMILES string of the molecule is COC(=O)/C=C1/C[C@H]2C[C@]3(O)O[C@H](C[C@@H](O)CC(=O)O[C@@H]([C@@H](C)O)C[C@@H]4C/C(=C\C(=O)OC)[C@H](OC(C)=O)[C@@](O)(O4)C(C)(C)/C=C\[C@@H](C1)O2)C[C@H](OC(C)=O)C3(C)C. The Labute approximate surface area is 338 Å². The van der Waals surface area contributed by atoms with Crippen molar-refractivity contribution in [3.8, 4) is 0 Å². The number of aliphatic hydroxyl groups excluding tert-OH is 2. The first-order valence-electron chi connectivity index (χ1n) is 19.5. The average molecular weight is 825 g/mol. The maximum Gasteiger partial charge on any atom is 0.330 e. The number of fused-ring (bicyclic) bond motifs is 6. The van der Waals surface area contributed by atoms with E-state index >= 15 is 0 Å². The van der Waals surface area contributed by atoms with E-state index < -0.39 is 114 Å². The smallest absolute Gasteiger partial charge is 0.330 e. The zero-order valence-electron chi connectivity index (χ0n) is 34.8. The zero-order chi connectivity index (χ0) is 43.4. The Kier molecular flexibility index (Phi) is 15.1. The molecule has 11 atom stereocenters. The Morgan fingerprint density at radius 1 is 0.845 bits per heavy atom. The van der Waals surface area contributed by atoms with E-state index in [4.69, 9.17) is 37.9 Å². The molecule has 0 aliphatic carbocycles. The molecule has 17 heteroatoms. The van der Waals surface area contributed by atoms with Crippen LogP contribution < -0.4 is 0 Å². The normalized spacial score (nSPS) is 38.0. The summed E-state index contributed by atoms with van der Waals surface area (Å²) in [5.41, 5.74) is -1.97. The first-order valence-corrected chi connectivity index (χ1v) is 19.5. The van der Waals surface area contributed by atoms with Crippen LogP contribution in [0.3, 0.4) is 0 Å². The summed E-state index contributed by atoms with van der Waals surface area (Å²) in [7, 11) is 2.40. The van der Waals surface area contributed by atoms with Gasteiger partial charge in [-0.25, -0.2) is 9.59 Å². The van der Waals surface area contributed by atoms with Crippen LogP contribution in [0.4, 0.5) is 0 Å². The molecule has 0 aromatic carbocycles. The van der Waals surface area contributed by atoms with Gasteiger partial charge in [0.1, 0.15) is 12.2 Å². The van der Waals surface area contributed by atoms with Crippen molar-refractivity contribution >= 4 is 29.8 Å². The highest BCUT2D eigenvalue weighted by atomic mass is 16.7. The lowest BCUT2D eigenvalue weighted by Gasteiger charge is -2.53. The Morgan fingerprint density at radius 3 is 2.09 bits per heavy atom. The highest BCUT2D eigenvalue weighted by Gasteiger charge is 2.59. The van der Waals surface area contributed by atoms with E-state index in [9.17, 15) is 44.4 Å². The van der Waals surface area contributed by atoms with Crippen molar-refractivity contribution in [2.75, 3.05) is 14.2 Å². The van der Waals surface area contributed by atoms with Gasteiger partial charge in [-0.2, -0.15) is 0 Å². The molecule has 6 bridgehead atoms. The molecule has 0 radical (unpaired) electrons. The molecule has 17 nitrogen and oxygen atoms in total. The van der Waals surface area contributed by atoms with Crippen LogP contribution >= 0.6 is 0 Å². The molecule has 3 fully saturated rings. The molecule has 326 valence electrons. The van der Waals surface area contributed by atoms with E-state index in [0.29, 0.717) is 5.57 Å². The van der Waals surface area contributed by atoms with E-state index in [-0.39, 0.29) is 50.5 Å². The number of rotatable bonds is 5. The lowest BCUT2D eigenvalue weighted by atomic mass is 9.70. The van der Waals surface area contributed by atoms with Crippen molar-refractivity contribution < 1.29 is 82.3 Å². The fraction of sp³-hybridized carbons (Fsp3) is 0.732. The number of cyclic esters (lactones) is 1. The first-order chi connectivity index (χ1) is 26.9. The van der Waals surface area contributed by atoms with Gasteiger partial charge in [0.2, 0.25) is 5.79 Å². The second-order valence-corrected chi connectivity index (χ2v) is 16.9. The predicted molar refractivity (Wildman–Crippen MR) is 201 cm³/mol. The van der Waals surface area contributed by atoms with Crippen LogP contribution in [0, 0.1) is 10.8 Å². The van der Waals surface area contributed by atoms with Crippen LogP contribution in [0.1, 0.15) is 99.8 Å². The Hall–Kier alpha value is -3.71. The average Bonchev–Trinajstić information content (AvgIpc) is 3.09. The molecule has 0 amide bonds.